The average molecular weight is 492 g/mol. The van der Waals surface area contributed by atoms with E-state index in [0.29, 0.717) is 12.2 Å². The third kappa shape index (κ3) is 7.37. The Morgan fingerprint density at radius 2 is 1.83 bits per heavy atom. The van der Waals surface area contributed by atoms with Crippen molar-refractivity contribution in [3.05, 3.63) is 87.2 Å². The molecule has 0 unspecified atom stereocenters. The average Bonchev–Trinajstić information content (AvgIpc) is 2.82. The lowest BCUT2D eigenvalue weighted by atomic mass is 9.85. The van der Waals surface area contributed by atoms with E-state index in [1.54, 1.807) is 19.1 Å². The second kappa shape index (κ2) is 12.0. The van der Waals surface area contributed by atoms with Gasteiger partial charge in [0.1, 0.15) is 5.82 Å². The molecule has 0 amide bonds. The normalized spacial score (nSPS) is 14.2. The van der Waals surface area contributed by atoms with Crippen molar-refractivity contribution in [2.24, 2.45) is 0 Å². The maximum atomic E-state index is 13.2. The van der Waals surface area contributed by atoms with Crippen LogP contribution in [0.2, 0.25) is 0 Å². The number of alkyl halides is 3. The maximum Gasteiger partial charge on any atom is 0.418 e. The van der Waals surface area contributed by atoms with E-state index in [0.717, 1.165) is 48.4 Å². The first-order valence-electron chi connectivity index (χ1n) is 11.7. The summed E-state index contributed by atoms with van der Waals surface area (Å²) in [6, 6.07) is 10.3. The van der Waals surface area contributed by atoms with Gasteiger partial charge in [-0.25, -0.2) is 9.07 Å². The molecule has 35 heavy (non-hydrogen) atoms. The molecule has 188 valence electrons. The van der Waals surface area contributed by atoms with E-state index in [-0.39, 0.29) is 35.4 Å². The Balaban J connectivity index is 0.000000363. The monoisotopic (exact) mass is 491 g/mol. The van der Waals surface area contributed by atoms with Crippen molar-refractivity contribution in [2.75, 3.05) is 6.61 Å². The second-order valence-corrected chi connectivity index (χ2v) is 8.46. The smallest absolute Gasteiger partial charge is 0.418 e. The van der Waals surface area contributed by atoms with Gasteiger partial charge in [0.2, 0.25) is 5.88 Å². The number of pyridine rings is 1. The fraction of sp³-hybridized carbons (Fsp3) is 0.423. The van der Waals surface area contributed by atoms with Crippen LogP contribution in [0.3, 0.4) is 0 Å². The summed E-state index contributed by atoms with van der Waals surface area (Å²) in [5.74, 6) is 0.178. The molecule has 3 aromatic rings. The highest BCUT2D eigenvalue weighted by atomic mass is 19.4. The first-order valence-corrected chi connectivity index (χ1v) is 11.7. The highest BCUT2D eigenvalue weighted by Gasteiger charge is 2.34. The van der Waals surface area contributed by atoms with Crippen molar-refractivity contribution >= 4 is 0 Å². The minimum absolute atomic E-state index is 0.0884. The summed E-state index contributed by atoms with van der Waals surface area (Å²) in [6.07, 6.45) is 1.73. The van der Waals surface area contributed by atoms with Gasteiger partial charge in [0.05, 0.1) is 24.4 Å². The topological polar surface area (TPSA) is 57.0 Å². The number of aromatic nitrogens is 3. The Morgan fingerprint density at radius 1 is 1.09 bits per heavy atom. The quantitative estimate of drug-likeness (QED) is 0.394. The Bertz CT molecular complexity index is 1150. The Hall–Kier alpha value is -3.23. The molecule has 4 rings (SSSR count). The molecule has 1 saturated carbocycles. The van der Waals surface area contributed by atoms with Crippen LogP contribution in [0.25, 0.3) is 0 Å². The first-order chi connectivity index (χ1) is 16.7. The van der Waals surface area contributed by atoms with Crippen LogP contribution in [-0.4, -0.2) is 21.4 Å². The molecule has 9 heteroatoms. The molecule has 0 saturated heterocycles. The van der Waals surface area contributed by atoms with Gasteiger partial charge in [0, 0.05) is 17.8 Å². The molecule has 0 atom stereocenters. The minimum Gasteiger partial charge on any atom is -0.477 e. The van der Waals surface area contributed by atoms with Crippen molar-refractivity contribution in [1.29, 1.82) is 0 Å². The maximum absolute atomic E-state index is 13.2. The van der Waals surface area contributed by atoms with Gasteiger partial charge in [0.15, 0.2) is 0 Å². The van der Waals surface area contributed by atoms with Crippen LogP contribution < -0.4 is 10.3 Å². The van der Waals surface area contributed by atoms with E-state index < -0.39 is 11.7 Å². The molecule has 5 nitrogen and oxygen atoms in total. The van der Waals surface area contributed by atoms with Crippen LogP contribution in [-0.2, 0) is 12.7 Å². The highest BCUT2D eigenvalue weighted by molar-refractivity contribution is 5.26. The SMILES string of the molecule is CCOc1cc(C2CCCCC2)c(=O)n(Cc2ncccc2C(F)(F)F)n1.Cc1cccc(F)c1. The number of aryl methyl sites for hydroxylation is 1. The number of ether oxygens (including phenoxy) is 1. The van der Waals surface area contributed by atoms with Crippen LogP contribution in [0.4, 0.5) is 17.6 Å². The molecule has 2 aromatic heterocycles. The van der Waals surface area contributed by atoms with Gasteiger partial charge in [-0.1, -0.05) is 31.4 Å². The summed E-state index contributed by atoms with van der Waals surface area (Å²) in [6.45, 7) is 3.66. The van der Waals surface area contributed by atoms with E-state index >= 15 is 0 Å². The van der Waals surface area contributed by atoms with Crippen LogP contribution in [0.15, 0.2) is 53.5 Å². The molecular weight excluding hydrogens is 462 g/mol. The van der Waals surface area contributed by atoms with Gasteiger partial charge in [-0.2, -0.15) is 13.2 Å². The number of rotatable bonds is 5. The summed E-state index contributed by atoms with van der Waals surface area (Å²) in [5, 5.41) is 4.11. The fourth-order valence-corrected chi connectivity index (χ4v) is 4.14. The largest absolute Gasteiger partial charge is 0.477 e. The lowest BCUT2D eigenvalue weighted by Crippen LogP contribution is -2.30. The molecule has 0 radical (unpaired) electrons. The fourth-order valence-electron chi connectivity index (χ4n) is 4.14. The standard InChI is InChI=1S/C19H22F3N3O2.C7H7F/c1-2-27-17-11-14(13-7-4-3-5-8-13)18(26)25(24-17)12-16-15(19(20,21)22)9-6-10-23-16;1-6-3-2-4-7(8)5-6/h6,9-11,13H,2-5,7-8,12H2,1H3;2-5H,1H3. The number of nitrogens with zero attached hydrogens (tertiary/aromatic N) is 3. The number of benzene rings is 1. The number of halogens is 4. The van der Waals surface area contributed by atoms with Crippen molar-refractivity contribution in [3.63, 3.8) is 0 Å². The van der Waals surface area contributed by atoms with Gasteiger partial charge in [0.25, 0.3) is 5.56 Å². The number of hydrogen-bond acceptors (Lipinski definition) is 4. The lowest BCUT2D eigenvalue weighted by molar-refractivity contribution is -0.138. The van der Waals surface area contributed by atoms with E-state index in [4.69, 9.17) is 4.74 Å². The van der Waals surface area contributed by atoms with Crippen molar-refractivity contribution in [2.45, 2.75) is 64.6 Å². The van der Waals surface area contributed by atoms with Gasteiger partial charge < -0.3 is 4.74 Å². The third-order valence-corrected chi connectivity index (χ3v) is 5.79. The zero-order valence-corrected chi connectivity index (χ0v) is 19.8. The summed E-state index contributed by atoms with van der Waals surface area (Å²) in [5.41, 5.74) is 0.0642. The lowest BCUT2D eigenvalue weighted by Gasteiger charge is -2.22. The molecule has 1 aliphatic rings. The van der Waals surface area contributed by atoms with Crippen molar-refractivity contribution < 1.29 is 22.3 Å². The van der Waals surface area contributed by atoms with Crippen molar-refractivity contribution in [3.8, 4) is 5.88 Å². The molecular formula is C26H29F4N3O2. The molecule has 2 heterocycles. The Labute approximate surface area is 201 Å². The molecule has 0 spiro atoms. The second-order valence-electron chi connectivity index (χ2n) is 8.46. The molecule has 1 aliphatic carbocycles. The third-order valence-electron chi connectivity index (χ3n) is 5.79. The predicted molar refractivity (Wildman–Crippen MR) is 125 cm³/mol. The van der Waals surface area contributed by atoms with Crippen molar-refractivity contribution in [1.82, 2.24) is 14.8 Å². The van der Waals surface area contributed by atoms with Crippen LogP contribution in [0.1, 0.15) is 67.3 Å². The molecule has 0 bridgehead atoms. The summed E-state index contributed by atoms with van der Waals surface area (Å²) < 4.78 is 58.4. The van der Waals surface area contributed by atoms with Crippen LogP contribution in [0, 0.1) is 12.7 Å². The summed E-state index contributed by atoms with van der Waals surface area (Å²) in [7, 11) is 0. The zero-order chi connectivity index (χ0) is 25.4. The van der Waals surface area contributed by atoms with E-state index in [1.165, 1.54) is 24.4 Å². The van der Waals surface area contributed by atoms with Gasteiger partial charge in [-0.3, -0.25) is 9.78 Å². The molecule has 0 aliphatic heterocycles. The van der Waals surface area contributed by atoms with E-state index in [9.17, 15) is 22.4 Å². The van der Waals surface area contributed by atoms with E-state index in [2.05, 4.69) is 10.1 Å². The van der Waals surface area contributed by atoms with Crippen LogP contribution >= 0.6 is 0 Å². The van der Waals surface area contributed by atoms with Gasteiger partial charge in [-0.05, 0) is 62.4 Å². The van der Waals surface area contributed by atoms with Crippen LogP contribution in [0.5, 0.6) is 5.88 Å². The van der Waals surface area contributed by atoms with Gasteiger partial charge in [-0.15, -0.1) is 5.10 Å². The molecule has 0 N–H and O–H groups in total. The Kier molecular flexibility index (Phi) is 9.01. The Morgan fingerprint density at radius 3 is 2.43 bits per heavy atom. The summed E-state index contributed by atoms with van der Waals surface area (Å²) in [4.78, 5) is 16.8. The zero-order valence-electron chi connectivity index (χ0n) is 19.8. The number of hydrogen-bond donors (Lipinski definition) is 0. The minimum atomic E-state index is -4.54. The van der Waals surface area contributed by atoms with Gasteiger partial charge >= 0.3 is 6.18 Å². The first kappa shape index (κ1) is 26.4. The summed E-state index contributed by atoms with van der Waals surface area (Å²) >= 11 is 0. The highest BCUT2D eigenvalue weighted by Crippen LogP contribution is 2.33. The molecule has 1 aromatic carbocycles. The van der Waals surface area contributed by atoms with E-state index in [1.807, 2.05) is 13.0 Å². The predicted octanol–water partition coefficient (Wildman–Crippen LogP) is 6.29. The molecule has 1 fully saturated rings.